The second kappa shape index (κ2) is 13.0. The predicted molar refractivity (Wildman–Crippen MR) is 164 cm³/mol. The molecule has 196 valence electrons. The maximum absolute atomic E-state index is 4.36. The number of nitrogens with zero attached hydrogens (tertiary/aromatic N) is 1. The molecular weight excluding hydrogens is 446 g/mol. The largest absolute Gasteiger partial charge is 0.344 e. The number of rotatable bonds is 12. The zero-order valence-electron chi connectivity index (χ0n) is 24.1. The summed E-state index contributed by atoms with van der Waals surface area (Å²) < 4.78 is 0. The Balaban J connectivity index is 1.67. The molecule has 0 amide bonds. The highest BCUT2D eigenvalue weighted by Gasteiger charge is 2.39. The van der Waals surface area contributed by atoms with E-state index in [-0.39, 0.29) is 10.8 Å². The van der Waals surface area contributed by atoms with E-state index in [0.717, 1.165) is 12.1 Å². The van der Waals surface area contributed by atoms with Crippen molar-refractivity contribution < 1.29 is 0 Å². The van der Waals surface area contributed by atoms with Crippen molar-refractivity contribution in [3.8, 4) is 0 Å². The Kier molecular flexibility index (Phi) is 9.98. The summed E-state index contributed by atoms with van der Waals surface area (Å²) in [6.45, 7) is 19.1. The van der Waals surface area contributed by atoms with Gasteiger partial charge in [-0.3, -0.25) is 0 Å². The van der Waals surface area contributed by atoms with Crippen molar-refractivity contribution in [3.63, 3.8) is 0 Å². The van der Waals surface area contributed by atoms with Crippen molar-refractivity contribution in [2.45, 2.75) is 84.5 Å². The van der Waals surface area contributed by atoms with Gasteiger partial charge in [-0.2, -0.15) is 0 Å². The Hall–Kier alpha value is -3.06. The average molecular weight is 494 g/mol. The quantitative estimate of drug-likeness (QED) is 0.210. The third kappa shape index (κ3) is 6.83. The minimum atomic E-state index is -0.0982. The van der Waals surface area contributed by atoms with Gasteiger partial charge in [0.05, 0.1) is 0 Å². The molecule has 1 heteroatoms. The van der Waals surface area contributed by atoms with E-state index in [9.17, 15) is 0 Å². The summed E-state index contributed by atoms with van der Waals surface area (Å²) in [5.74, 6) is 0. The van der Waals surface area contributed by atoms with Crippen LogP contribution in [-0.2, 0) is 10.8 Å². The highest BCUT2D eigenvalue weighted by molar-refractivity contribution is 5.70. The van der Waals surface area contributed by atoms with E-state index in [1.54, 1.807) is 0 Å². The highest BCUT2D eigenvalue weighted by Crippen LogP contribution is 2.47. The minimum Gasteiger partial charge on any atom is -0.344 e. The lowest BCUT2D eigenvalue weighted by atomic mass is 9.76. The molecule has 0 N–H and O–H groups in total. The van der Waals surface area contributed by atoms with Crippen LogP contribution in [0.2, 0.25) is 0 Å². The van der Waals surface area contributed by atoms with Crippen LogP contribution in [0.4, 0.5) is 5.69 Å². The van der Waals surface area contributed by atoms with Gasteiger partial charge in [-0.1, -0.05) is 146 Å². The molecule has 3 rings (SSSR count). The minimum absolute atomic E-state index is 0.00681. The first-order chi connectivity index (χ1) is 17.7. The summed E-state index contributed by atoms with van der Waals surface area (Å²) in [7, 11) is 0. The number of unbranched alkanes of at least 4 members (excludes halogenated alkanes) is 4. The van der Waals surface area contributed by atoms with Crippen LogP contribution in [0.1, 0.15) is 83.4 Å². The third-order valence-electron chi connectivity index (χ3n) is 7.90. The van der Waals surface area contributed by atoms with E-state index in [0.29, 0.717) is 0 Å². The lowest BCUT2D eigenvalue weighted by Crippen LogP contribution is -2.27. The summed E-state index contributed by atoms with van der Waals surface area (Å²) in [6.07, 6.45) is 21.5. The van der Waals surface area contributed by atoms with Crippen LogP contribution in [0.3, 0.4) is 0 Å². The maximum Gasteiger partial charge on any atom is 0.0450 e. The molecule has 0 aromatic heterocycles. The van der Waals surface area contributed by atoms with Gasteiger partial charge in [-0.25, -0.2) is 0 Å². The van der Waals surface area contributed by atoms with Crippen LogP contribution < -0.4 is 4.90 Å². The Bertz CT molecular complexity index is 1170. The first-order valence-corrected chi connectivity index (χ1v) is 14.1. The lowest BCUT2D eigenvalue weighted by Gasteiger charge is -2.28. The van der Waals surface area contributed by atoms with Crippen LogP contribution in [0.25, 0.3) is 0 Å². The van der Waals surface area contributed by atoms with Crippen molar-refractivity contribution in [2.75, 3.05) is 11.4 Å². The summed E-state index contributed by atoms with van der Waals surface area (Å²) >= 11 is 0. The highest BCUT2D eigenvalue weighted by atomic mass is 15.2. The van der Waals surface area contributed by atoms with Crippen molar-refractivity contribution in [1.29, 1.82) is 0 Å². The van der Waals surface area contributed by atoms with E-state index in [1.165, 1.54) is 60.2 Å². The average Bonchev–Trinajstić information content (AvgIpc) is 3.09. The Morgan fingerprint density at radius 3 is 2.27 bits per heavy atom. The Morgan fingerprint density at radius 1 is 0.865 bits per heavy atom. The van der Waals surface area contributed by atoms with Gasteiger partial charge in [0.1, 0.15) is 0 Å². The van der Waals surface area contributed by atoms with Crippen LogP contribution >= 0.6 is 0 Å². The van der Waals surface area contributed by atoms with E-state index in [4.69, 9.17) is 0 Å². The lowest BCUT2D eigenvalue weighted by molar-refractivity contribution is 0.602. The van der Waals surface area contributed by atoms with Crippen molar-refractivity contribution >= 4 is 5.69 Å². The normalized spacial score (nSPS) is 16.5. The smallest absolute Gasteiger partial charge is 0.0450 e. The predicted octanol–water partition coefficient (Wildman–Crippen LogP) is 10.1. The number of fused-ring (bicyclic) bond motifs is 1. The van der Waals surface area contributed by atoms with Crippen molar-refractivity contribution in [2.24, 2.45) is 0 Å². The van der Waals surface area contributed by atoms with Gasteiger partial charge < -0.3 is 4.90 Å². The molecule has 1 aliphatic heterocycles. The fourth-order valence-corrected chi connectivity index (χ4v) is 5.42. The molecule has 0 unspecified atom stereocenters. The van der Waals surface area contributed by atoms with Gasteiger partial charge in [-0.15, -0.1) is 0 Å². The first-order valence-electron chi connectivity index (χ1n) is 14.1. The van der Waals surface area contributed by atoms with Crippen molar-refractivity contribution in [1.82, 2.24) is 0 Å². The molecule has 0 radical (unpaired) electrons. The molecule has 0 atom stereocenters. The Labute approximate surface area is 227 Å². The monoisotopic (exact) mass is 493 g/mol. The number of hydrogen-bond acceptors (Lipinski definition) is 1. The summed E-state index contributed by atoms with van der Waals surface area (Å²) in [5, 5.41) is 0. The van der Waals surface area contributed by atoms with E-state index in [1.807, 2.05) is 0 Å². The molecule has 0 saturated heterocycles. The van der Waals surface area contributed by atoms with E-state index < -0.39 is 0 Å². The third-order valence-corrected chi connectivity index (χ3v) is 7.90. The molecule has 1 heterocycles. The summed E-state index contributed by atoms with van der Waals surface area (Å²) in [6, 6.07) is 17.5. The van der Waals surface area contributed by atoms with Crippen LogP contribution in [0.5, 0.6) is 0 Å². The topological polar surface area (TPSA) is 3.24 Å². The van der Waals surface area contributed by atoms with E-state index in [2.05, 4.69) is 144 Å². The second-order valence-corrected chi connectivity index (χ2v) is 11.4. The molecule has 1 aliphatic rings. The van der Waals surface area contributed by atoms with Gasteiger partial charge in [0.15, 0.2) is 0 Å². The molecule has 2 aromatic carbocycles. The second-order valence-electron chi connectivity index (χ2n) is 11.4. The van der Waals surface area contributed by atoms with Crippen LogP contribution in [-0.4, -0.2) is 6.54 Å². The fourth-order valence-electron chi connectivity index (χ4n) is 5.42. The van der Waals surface area contributed by atoms with Gasteiger partial charge >= 0.3 is 0 Å². The molecule has 0 fully saturated rings. The molecule has 0 bridgehead atoms. The van der Waals surface area contributed by atoms with Crippen molar-refractivity contribution in [3.05, 3.63) is 126 Å². The standard InChI is InChI=1S/C36H47N/c1-8-9-10-14-21-28-37-33-26-20-19-25-32(33)36(6,7)34(37)27-16-13-11-12-15-23-30(3)35(4,5)31-24-18-17-22-29(31)2/h11-13,15-20,22-27H,3,8-10,14,21,28H2,1-2,4-7H3/b12-11+,16-13+,23-15+,34-27+. The number of hydrogen-bond donors (Lipinski definition) is 0. The molecule has 0 spiro atoms. The SMILES string of the molecule is C=C(/C=C/C=C/C=C/C=C1/N(CCCCCCC)c2ccccc2C1(C)C)C(C)(C)c1ccccc1C. The number of benzene rings is 2. The van der Waals surface area contributed by atoms with Gasteiger partial charge in [0, 0.05) is 28.8 Å². The zero-order chi connectivity index (χ0) is 26.9. The fraction of sp³-hybridized carbons (Fsp3) is 0.389. The zero-order valence-corrected chi connectivity index (χ0v) is 24.1. The molecule has 37 heavy (non-hydrogen) atoms. The molecule has 2 aromatic rings. The number of allylic oxidation sites excluding steroid dienone is 9. The molecule has 0 saturated carbocycles. The van der Waals surface area contributed by atoms with Gasteiger partial charge in [0.25, 0.3) is 0 Å². The number of aryl methyl sites for hydroxylation is 1. The molecule has 1 nitrogen and oxygen atoms in total. The Morgan fingerprint density at radius 2 is 1.51 bits per heavy atom. The maximum atomic E-state index is 4.36. The van der Waals surface area contributed by atoms with E-state index >= 15 is 0 Å². The van der Waals surface area contributed by atoms with Crippen LogP contribution in [0.15, 0.2) is 109 Å². The van der Waals surface area contributed by atoms with Crippen LogP contribution in [0, 0.1) is 6.92 Å². The van der Waals surface area contributed by atoms with Gasteiger partial charge in [-0.05, 0) is 47.8 Å². The number of anilines is 1. The molecular formula is C36H47N. The summed E-state index contributed by atoms with van der Waals surface area (Å²) in [4.78, 5) is 2.55. The summed E-state index contributed by atoms with van der Waals surface area (Å²) in [5.41, 5.74) is 7.84. The molecule has 0 aliphatic carbocycles. The number of para-hydroxylation sites is 1. The first kappa shape index (κ1) is 28.5. The van der Waals surface area contributed by atoms with Gasteiger partial charge in [0.2, 0.25) is 0 Å².